The number of unbranched alkanes of at least 4 members (excludes halogenated alkanes) is 3. The summed E-state index contributed by atoms with van der Waals surface area (Å²) in [7, 11) is 0. The standard InChI is InChI=1S/C21H39NO6/c1-6-8-9-10-11-16(5)12-17(13-18(23)24)14-22-21(26)28-20(15(3)4)27-19(25)7-2/h15-17,20H,6-14H2,1-5H3,(H,22,26)(H,23,24)/t16-,17+,20-/m1/s1. The Labute approximate surface area is 169 Å². The highest BCUT2D eigenvalue weighted by atomic mass is 16.7. The van der Waals surface area contributed by atoms with Crippen LogP contribution in [0.5, 0.6) is 0 Å². The first-order valence-corrected chi connectivity index (χ1v) is 10.5. The van der Waals surface area contributed by atoms with Crippen molar-refractivity contribution < 1.29 is 29.0 Å². The molecular formula is C21H39NO6. The molecule has 1 amide bonds. The Morgan fingerprint density at radius 2 is 1.68 bits per heavy atom. The lowest BCUT2D eigenvalue weighted by Crippen LogP contribution is -2.37. The summed E-state index contributed by atoms with van der Waals surface area (Å²) in [5, 5.41) is 11.8. The van der Waals surface area contributed by atoms with E-state index in [1.165, 1.54) is 19.3 Å². The molecule has 0 aromatic rings. The van der Waals surface area contributed by atoms with Crippen molar-refractivity contribution in [1.82, 2.24) is 5.32 Å². The number of ether oxygens (including phenoxy) is 2. The Kier molecular flexibility index (Phi) is 14.2. The van der Waals surface area contributed by atoms with E-state index in [0.29, 0.717) is 5.92 Å². The molecule has 164 valence electrons. The van der Waals surface area contributed by atoms with Gasteiger partial charge in [-0.05, 0) is 18.3 Å². The van der Waals surface area contributed by atoms with Gasteiger partial charge in [0, 0.05) is 25.3 Å². The topological polar surface area (TPSA) is 102 Å². The number of carbonyl (C=O) groups is 3. The highest BCUT2D eigenvalue weighted by Crippen LogP contribution is 2.21. The smallest absolute Gasteiger partial charge is 0.410 e. The van der Waals surface area contributed by atoms with E-state index in [1.54, 1.807) is 20.8 Å². The fourth-order valence-electron chi connectivity index (χ4n) is 2.98. The molecule has 0 aliphatic heterocycles. The van der Waals surface area contributed by atoms with E-state index in [9.17, 15) is 14.4 Å². The molecule has 0 aromatic carbocycles. The van der Waals surface area contributed by atoms with Crippen LogP contribution < -0.4 is 5.32 Å². The Balaban J connectivity index is 4.52. The highest BCUT2D eigenvalue weighted by molar-refractivity contribution is 5.70. The molecule has 0 aliphatic carbocycles. The van der Waals surface area contributed by atoms with Crippen molar-refractivity contribution in [3.05, 3.63) is 0 Å². The molecule has 0 radical (unpaired) electrons. The first-order chi connectivity index (χ1) is 13.2. The molecule has 0 aliphatic rings. The minimum atomic E-state index is -0.956. The third-order valence-electron chi connectivity index (χ3n) is 4.59. The quantitative estimate of drug-likeness (QED) is 0.233. The largest absolute Gasteiger partial charge is 0.481 e. The lowest BCUT2D eigenvalue weighted by Gasteiger charge is -2.23. The van der Waals surface area contributed by atoms with Crippen molar-refractivity contribution in [1.29, 1.82) is 0 Å². The average molecular weight is 402 g/mol. The molecule has 0 heterocycles. The predicted octanol–water partition coefficient (Wildman–Crippen LogP) is 4.74. The lowest BCUT2D eigenvalue weighted by molar-refractivity contribution is -0.174. The Morgan fingerprint density at radius 3 is 2.21 bits per heavy atom. The summed E-state index contributed by atoms with van der Waals surface area (Å²) in [6.45, 7) is 9.75. The van der Waals surface area contributed by atoms with Gasteiger partial charge in [-0.2, -0.15) is 0 Å². The molecule has 0 fully saturated rings. The van der Waals surface area contributed by atoms with Gasteiger partial charge in [0.15, 0.2) is 0 Å². The van der Waals surface area contributed by atoms with Crippen LogP contribution in [-0.2, 0) is 19.1 Å². The SMILES string of the molecule is CCCCCC[C@@H](C)C[C@H](CNC(=O)O[C@@H](OC(=O)CC)C(C)C)CC(=O)O. The Bertz CT molecular complexity index is 466. The minimum Gasteiger partial charge on any atom is -0.481 e. The molecule has 7 nitrogen and oxygen atoms in total. The van der Waals surface area contributed by atoms with Gasteiger partial charge in [-0.25, -0.2) is 4.79 Å². The van der Waals surface area contributed by atoms with Crippen molar-refractivity contribution in [3.8, 4) is 0 Å². The van der Waals surface area contributed by atoms with Gasteiger partial charge in [0.1, 0.15) is 0 Å². The minimum absolute atomic E-state index is 0.00197. The number of rotatable bonds is 15. The second-order valence-corrected chi connectivity index (χ2v) is 7.90. The average Bonchev–Trinajstić information content (AvgIpc) is 2.62. The van der Waals surface area contributed by atoms with E-state index in [1.807, 2.05) is 0 Å². The molecule has 0 rings (SSSR count). The number of hydrogen-bond donors (Lipinski definition) is 2. The van der Waals surface area contributed by atoms with Crippen LogP contribution in [0.2, 0.25) is 0 Å². The molecule has 7 heteroatoms. The summed E-state index contributed by atoms with van der Waals surface area (Å²) < 4.78 is 10.3. The summed E-state index contributed by atoms with van der Waals surface area (Å²) in [4.78, 5) is 34.7. The molecule has 3 atom stereocenters. The lowest BCUT2D eigenvalue weighted by atomic mass is 9.89. The second-order valence-electron chi connectivity index (χ2n) is 7.90. The summed E-state index contributed by atoms with van der Waals surface area (Å²) in [5.41, 5.74) is 0. The van der Waals surface area contributed by atoms with Crippen LogP contribution in [0, 0.1) is 17.8 Å². The summed E-state index contributed by atoms with van der Waals surface area (Å²) >= 11 is 0. The van der Waals surface area contributed by atoms with Crippen LogP contribution in [0.3, 0.4) is 0 Å². The first kappa shape index (κ1) is 26.2. The number of esters is 1. The molecule has 0 unspecified atom stereocenters. The van der Waals surface area contributed by atoms with Gasteiger partial charge >= 0.3 is 18.0 Å². The number of carboxylic acid groups (broad SMARTS) is 1. The molecule has 0 saturated heterocycles. The van der Waals surface area contributed by atoms with Crippen LogP contribution in [0.1, 0.15) is 86.0 Å². The fourth-order valence-corrected chi connectivity index (χ4v) is 2.98. The Morgan fingerprint density at radius 1 is 1.00 bits per heavy atom. The third-order valence-corrected chi connectivity index (χ3v) is 4.59. The van der Waals surface area contributed by atoms with Crippen LogP contribution in [0.4, 0.5) is 4.79 Å². The van der Waals surface area contributed by atoms with Gasteiger partial charge < -0.3 is 19.9 Å². The van der Waals surface area contributed by atoms with Gasteiger partial charge in [-0.15, -0.1) is 0 Å². The number of amides is 1. The van der Waals surface area contributed by atoms with E-state index in [-0.39, 0.29) is 31.2 Å². The fraction of sp³-hybridized carbons (Fsp3) is 0.857. The Hall–Kier alpha value is -1.79. The normalized spacial score (nSPS) is 14.2. The molecule has 2 N–H and O–H groups in total. The van der Waals surface area contributed by atoms with Crippen LogP contribution in [-0.4, -0.2) is 36.0 Å². The number of aliphatic carboxylic acids is 1. The van der Waals surface area contributed by atoms with E-state index in [4.69, 9.17) is 14.6 Å². The molecule has 0 bridgehead atoms. The van der Waals surface area contributed by atoms with E-state index in [2.05, 4.69) is 19.2 Å². The number of hydrogen-bond acceptors (Lipinski definition) is 5. The highest BCUT2D eigenvalue weighted by Gasteiger charge is 2.23. The number of carbonyl (C=O) groups excluding carboxylic acids is 2. The van der Waals surface area contributed by atoms with Gasteiger partial charge in [0.25, 0.3) is 6.29 Å². The van der Waals surface area contributed by atoms with Crippen molar-refractivity contribution in [2.45, 2.75) is 92.3 Å². The zero-order valence-corrected chi connectivity index (χ0v) is 18.2. The van der Waals surface area contributed by atoms with Gasteiger partial charge in [0.2, 0.25) is 0 Å². The van der Waals surface area contributed by atoms with Gasteiger partial charge in [0.05, 0.1) is 0 Å². The summed E-state index contributed by atoms with van der Waals surface area (Å²) in [5.74, 6) is -1.27. The maximum absolute atomic E-state index is 12.1. The van der Waals surface area contributed by atoms with Crippen LogP contribution in [0.25, 0.3) is 0 Å². The molecule has 0 saturated carbocycles. The van der Waals surface area contributed by atoms with E-state index < -0.39 is 24.3 Å². The maximum Gasteiger partial charge on any atom is 0.410 e. The molecule has 0 spiro atoms. The van der Waals surface area contributed by atoms with Crippen molar-refractivity contribution in [3.63, 3.8) is 0 Å². The number of carboxylic acids is 1. The van der Waals surface area contributed by atoms with E-state index in [0.717, 1.165) is 19.3 Å². The molecule has 28 heavy (non-hydrogen) atoms. The van der Waals surface area contributed by atoms with Crippen LogP contribution in [0.15, 0.2) is 0 Å². The predicted molar refractivity (Wildman–Crippen MR) is 108 cm³/mol. The van der Waals surface area contributed by atoms with Gasteiger partial charge in [-0.3, -0.25) is 9.59 Å². The summed E-state index contributed by atoms with van der Waals surface area (Å²) in [6, 6.07) is 0. The van der Waals surface area contributed by atoms with Crippen molar-refractivity contribution in [2.24, 2.45) is 17.8 Å². The van der Waals surface area contributed by atoms with Crippen molar-refractivity contribution >= 4 is 18.0 Å². The van der Waals surface area contributed by atoms with Gasteiger partial charge in [-0.1, -0.05) is 66.7 Å². The number of nitrogens with one attached hydrogen (secondary N) is 1. The monoisotopic (exact) mass is 401 g/mol. The number of alkyl carbamates (subject to hydrolysis) is 1. The maximum atomic E-state index is 12.1. The first-order valence-electron chi connectivity index (χ1n) is 10.5. The van der Waals surface area contributed by atoms with Crippen molar-refractivity contribution in [2.75, 3.05) is 6.54 Å². The molecule has 0 aromatic heterocycles. The summed E-state index contributed by atoms with van der Waals surface area (Å²) in [6.07, 6.45) is 5.08. The zero-order chi connectivity index (χ0) is 21.5. The van der Waals surface area contributed by atoms with E-state index >= 15 is 0 Å². The third kappa shape index (κ3) is 13.4. The second kappa shape index (κ2) is 15.2. The molecular weight excluding hydrogens is 362 g/mol. The van der Waals surface area contributed by atoms with Crippen LogP contribution >= 0.6 is 0 Å². The zero-order valence-electron chi connectivity index (χ0n) is 18.2.